The molecule has 3 aromatic carbocycles. The van der Waals surface area contributed by atoms with Gasteiger partial charge in [-0.3, -0.25) is 55.3 Å². The summed E-state index contributed by atoms with van der Waals surface area (Å²) in [6.07, 6.45) is -0.306. The monoisotopic (exact) mass is 884 g/mol. The van der Waals surface area contributed by atoms with Crippen LogP contribution in [0, 0.1) is 0 Å². The summed E-state index contributed by atoms with van der Waals surface area (Å²) < 4.78 is 11.5. The van der Waals surface area contributed by atoms with E-state index in [1.54, 1.807) is 30.3 Å². The van der Waals surface area contributed by atoms with E-state index in [0.717, 1.165) is 5.69 Å². The number of thiocarbonyl (C=S) groups is 1. The van der Waals surface area contributed by atoms with E-state index < -0.39 is 35.4 Å². The number of hydrazine groups is 2. The Morgan fingerprint density at radius 2 is 1.25 bits per heavy atom. The zero-order valence-electron chi connectivity index (χ0n) is 33.4. The predicted molar refractivity (Wildman–Crippen MR) is 227 cm³/mol. The van der Waals surface area contributed by atoms with E-state index in [0.29, 0.717) is 59.6 Å². The van der Waals surface area contributed by atoms with Gasteiger partial charge in [0.15, 0.2) is 11.5 Å². The molecular weight excluding hydrogens is 836 g/mol. The second-order valence-corrected chi connectivity index (χ2v) is 14.3. The van der Waals surface area contributed by atoms with Gasteiger partial charge in [-0.05, 0) is 55.0 Å². The van der Waals surface area contributed by atoms with Crippen LogP contribution < -0.4 is 46.9 Å². The lowest BCUT2D eigenvalue weighted by Gasteiger charge is -2.37. The molecule has 328 valence electrons. The Kier molecular flexibility index (Phi) is 19.1. The first-order valence-corrected chi connectivity index (χ1v) is 20.1. The maximum absolute atomic E-state index is 12.4. The van der Waals surface area contributed by atoms with E-state index in [9.17, 15) is 39.0 Å². The minimum atomic E-state index is -0.598. The number of benzene rings is 3. The van der Waals surface area contributed by atoms with E-state index >= 15 is 0 Å². The zero-order valence-corrected chi connectivity index (χ0v) is 35.0. The number of rotatable bonds is 20. The molecule has 21 heteroatoms. The van der Waals surface area contributed by atoms with Crippen LogP contribution in [0.5, 0.6) is 23.0 Å². The average Bonchev–Trinajstić information content (AvgIpc) is 3.25. The number of hydrogen-bond donors (Lipinski definition) is 8. The molecule has 3 aromatic rings. The van der Waals surface area contributed by atoms with Gasteiger partial charge < -0.3 is 34.8 Å². The Balaban J connectivity index is 1.06. The number of nitrogens with one attached hydrogen (secondary N) is 6. The highest BCUT2D eigenvalue weighted by Gasteiger charge is 2.23. The zero-order chi connectivity index (χ0) is 44.1. The van der Waals surface area contributed by atoms with Crippen LogP contribution in [0.2, 0.25) is 5.02 Å². The van der Waals surface area contributed by atoms with Crippen molar-refractivity contribution >= 4 is 75.6 Å². The smallest absolute Gasteiger partial charge is 0.244 e. The molecule has 6 amide bonds. The minimum absolute atomic E-state index is 0.0914. The number of carbonyl (C=O) groups excluding carboxylic acids is 6. The summed E-state index contributed by atoms with van der Waals surface area (Å²) >= 11 is 12.1. The number of hydrogen-bond acceptors (Lipinski definition) is 13. The Hall–Kier alpha value is -6.38. The number of hydroxylamine groups is 1. The molecule has 61 heavy (non-hydrogen) atoms. The molecule has 1 heterocycles. The molecule has 0 aliphatic carbocycles. The van der Waals surface area contributed by atoms with Gasteiger partial charge in [0.1, 0.15) is 10.7 Å². The number of halogens is 1. The number of nitrogens with zero attached hydrogens (tertiary/aromatic N) is 2. The van der Waals surface area contributed by atoms with Gasteiger partial charge in [0.2, 0.25) is 41.2 Å². The van der Waals surface area contributed by atoms with E-state index in [4.69, 9.17) is 33.3 Å². The van der Waals surface area contributed by atoms with Crippen molar-refractivity contribution in [2.75, 3.05) is 56.7 Å². The SMILES string of the molecule is CONC(=O)CCC(=O)NNC(=O)CCCC(=O)NNC(=O)CCC(=O)Nc1ccc(OCCCOc2cc(C(=S)N3CCN(c4ccccc4Cl)CC3)cc(O)c2O)cc1. The first kappa shape index (κ1) is 47.3. The van der Waals surface area contributed by atoms with Gasteiger partial charge in [-0.15, -0.1) is 0 Å². The molecule has 0 radical (unpaired) electrons. The number of phenolic OH excluding ortho intramolecular Hbond substituents is 2. The van der Waals surface area contributed by atoms with Crippen molar-refractivity contribution in [2.24, 2.45) is 0 Å². The Morgan fingerprint density at radius 1 is 0.689 bits per heavy atom. The third kappa shape index (κ3) is 16.3. The molecule has 0 spiro atoms. The highest BCUT2D eigenvalue weighted by molar-refractivity contribution is 7.80. The summed E-state index contributed by atoms with van der Waals surface area (Å²) in [5.41, 5.74) is 12.8. The van der Waals surface area contributed by atoms with Crippen LogP contribution in [0.1, 0.15) is 56.9 Å². The summed E-state index contributed by atoms with van der Waals surface area (Å²) in [6, 6.07) is 17.3. The van der Waals surface area contributed by atoms with Gasteiger partial charge in [-0.1, -0.05) is 36.0 Å². The number of ether oxygens (including phenoxy) is 2. The number of anilines is 2. The topological polar surface area (TPSA) is 249 Å². The van der Waals surface area contributed by atoms with Gasteiger partial charge in [0, 0.05) is 82.4 Å². The summed E-state index contributed by atoms with van der Waals surface area (Å²) in [7, 11) is 1.26. The number of carbonyl (C=O) groups is 6. The van der Waals surface area contributed by atoms with Gasteiger partial charge in [-0.25, -0.2) is 5.48 Å². The van der Waals surface area contributed by atoms with Gasteiger partial charge in [0.05, 0.1) is 31.0 Å². The van der Waals surface area contributed by atoms with Crippen LogP contribution >= 0.6 is 23.8 Å². The largest absolute Gasteiger partial charge is 0.504 e. The van der Waals surface area contributed by atoms with Crippen molar-refractivity contribution in [2.45, 2.75) is 51.4 Å². The molecule has 1 saturated heterocycles. The molecule has 8 N–H and O–H groups in total. The lowest BCUT2D eigenvalue weighted by Crippen LogP contribution is -2.48. The van der Waals surface area contributed by atoms with Crippen LogP contribution in [0.3, 0.4) is 0 Å². The molecule has 1 aliphatic heterocycles. The van der Waals surface area contributed by atoms with Crippen LogP contribution in [-0.2, 0) is 33.6 Å². The highest BCUT2D eigenvalue weighted by Crippen LogP contribution is 2.37. The van der Waals surface area contributed by atoms with Crippen molar-refractivity contribution in [3.05, 3.63) is 71.2 Å². The molecule has 19 nitrogen and oxygen atoms in total. The van der Waals surface area contributed by atoms with Crippen molar-refractivity contribution in [3.63, 3.8) is 0 Å². The van der Waals surface area contributed by atoms with Gasteiger partial charge in [0.25, 0.3) is 0 Å². The molecule has 1 aliphatic rings. The molecular formula is C40H49ClN8O11S. The summed E-state index contributed by atoms with van der Waals surface area (Å²) in [5.74, 6) is -3.33. The van der Waals surface area contributed by atoms with Crippen molar-refractivity contribution in [1.29, 1.82) is 0 Å². The standard InChI is InChI=1S/C40H49ClN8O11S/c1-58-47-38(56)17-16-37(55)46-44-35(53)9-4-8-34(52)43-45-36(54)15-14-33(51)42-27-10-12-28(13-11-27)59-22-5-23-60-32-25-26(24-31(50)39(32)57)40(61)49-20-18-48(19-21-49)30-7-3-2-6-29(30)41/h2-3,6-7,10-13,24-25,50,57H,4-5,8-9,14-23H2,1H3,(H,42,51)(H,43,52)(H,44,53)(H,45,54)(H,46,55)(H,47,56). The third-order valence-electron chi connectivity index (χ3n) is 8.88. The van der Waals surface area contributed by atoms with Gasteiger partial charge >= 0.3 is 0 Å². The summed E-state index contributed by atoms with van der Waals surface area (Å²) in [5, 5.41) is 24.2. The lowest BCUT2D eigenvalue weighted by atomic mass is 10.1. The average molecular weight is 885 g/mol. The molecule has 0 atom stereocenters. The summed E-state index contributed by atoms with van der Waals surface area (Å²) in [6.45, 7) is 3.17. The fraction of sp³-hybridized carbons (Fsp3) is 0.375. The number of para-hydroxylation sites is 1. The van der Waals surface area contributed by atoms with E-state index in [2.05, 4.69) is 42.2 Å². The molecule has 0 aromatic heterocycles. The quantitative estimate of drug-likeness (QED) is 0.0352. The number of aromatic hydroxyl groups is 2. The molecule has 1 fully saturated rings. The van der Waals surface area contributed by atoms with Crippen LogP contribution in [0.4, 0.5) is 11.4 Å². The summed E-state index contributed by atoms with van der Waals surface area (Å²) in [4.78, 5) is 80.5. The molecule has 4 rings (SSSR count). The number of phenols is 2. The maximum Gasteiger partial charge on any atom is 0.244 e. The highest BCUT2D eigenvalue weighted by atomic mass is 35.5. The van der Waals surface area contributed by atoms with Gasteiger partial charge in [-0.2, -0.15) is 0 Å². The van der Waals surface area contributed by atoms with E-state index in [-0.39, 0.29) is 75.4 Å². The van der Waals surface area contributed by atoms with Crippen molar-refractivity contribution < 1.29 is 53.3 Å². The molecule has 0 saturated carbocycles. The van der Waals surface area contributed by atoms with E-state index in [1.807, 2.05) is 29.2 Å². The third-order valence-corrected chi connectivity index (χ3v) is 9.69. The Morgan fingerprint density at radius 3 is 1.85 bits per heavy atom. The molecule has 0 bridgehead atoms. The first-order chi connectivity index (χ1) is 29.3. The minimum Gasteiger partial charge on any atom is -0.504 e. The normalized spacial score (nSPS) is 12.1. The number of amides is 6. The fourth-order valence-electron chi connectivity index (χ4n) is 5.71. The predicted octanol–water partition coefficient (Wildman–Crippen LogP) is 2.74. The van der Waals surface area contributed by atoms with Crippen LogP contribution in [0.25, 0.3) is 0 Å². The number of piperazine rings is 1. The van der Waals surface area contributed by atoms with Crippen LogP contribution in [-0.4, -0.2) is 102 Å². The second-order valence-electron chi connectivity index (χ2n) is 13.5. The second kappa shape index (κ2) is 24.6. The Bertz CT molecular complexity index is 2020. The Labute approximate surface area is 362 Å². The maximum atomic E-state index is 12.4. The van der Waals surface area contributed by atoms with Crippen molar-refractivity contribution in [1.82, 2.24) is 32.1 Å². The van der Waals surface area contributed by atoms with E-state index in [1.165, 1.54) is 13.2 Å². The van der Waals surface area contributed by atoms with Crippen molar-refractivity contribution in [3.8, 4) is 23.0 Å². The molecule has 0 unspecified atom stereocenters. The van der Waals surface area contributed by atoms with Crippen LogP contribution in [0.15, 0.2) is 60.7 Å². The fourth-order valence-corrected chi connectivity index (χ4v) is 6.27. The lowest BCUT2D eigenvalue weighted by molar-refractivity contribution is -0.134. The first-order valence-electron chi connectivity index (χ1n) is 19.3.